The predicted octanol–water partition coefficient (Wildman–Crippen LogP) is 1.20. The Morgan fingerprint density at radius 2 is 2.17 bits per heavy atom. The molecule has 0 radical (unpaired) electrons. The van der Waals surface area contributed by atoms with Crippen molar-refractivity contribution in [1.82, 2.24) is 15.1 Å². The summed E-state index contributed by atoms with van der Waals surface area (Å²) in [6, 6.07) is 1.10. The van der Waals surface area contributed by atoms with Gasteiger partial charge in [0, 0.05) is 6.20 Å². The summed E-state index contributed by atoms with van der Waals surface area (Å²) in [5.74, 6) is -1.50. The lowest BCUT2D eigenvalue weighted by Crippen LogP contribution is -2.38. The second-order valence-corrected chi connectivity index (χ2v) is 4.65. The molecule has 2 N–H and O–H groups in total. The van der Waals surface area contributed by atoms with Crippen molar-refractivity contribution in [3.05, 3.63) is 18.0 Å². The Morgan fingerprint density at radius 1 is 1.50 bits per heavy atom. The molecule has 0 aromatic carbocycles. The summed E-state index contributed by atoms with van der Waals surface area (Å²) in [6.07, 6.45) is 6.36. The molecule has 98 valence electrons. The van der Waals surface area contributed by atoms with Crippen LogP contribution in [0, 0.1) is 0 Å². The monoisotopic (exact) mass is 251 g/mol. The lowest BCUT2D eigenvalue weighted by molar-refractivity contribution is -0.138. The van der Waals surface area contributed by atoms with Crippen LogP contribution in [0.25, 0.3) is 0 Å². The van der Waals surface area contributed by atoms with Gasteiger partial charge in [0.2, 0.25) is 0 Å². The van der Waals surface area contributed by atoms with Gasteiger partial charge in [-0.05, 0) is 25.8 Å². The van der Waals surface area contributed by atoms with Crippen molar-refractivity contribution < 1.29 is 14.7 Å². The van der Waals surface area contributed by atoms with E-state index in [-0.39, 0.29) is 5.69 Å². The molecular weight excluding hydrogens is 234 g/mol. The average molecular weight is 251 g/mol. The van der Waals surface area contributed by atoms with Crippen molar-refractivity contribution in [1.29, 1.82) is 0 Å². The molecule has 0 unspecified atom stereocenters. The van der Waals surface area contributed by atoms with Crippen molar-refractivity contribution in [3.63, 3.8) is 0 Å². The van der Waals surface area contributed by atoms with Crippen molar-refractivity contribution in [2.75, 3.05) is 0 Å². The second-order valence-electron chi connectivity index (χ2n) is 4.65. The highest BCUT2D eigenvalue weighted by molar-refractivity contribution is 5.94. The van der Waals surface area contributed by atoms with Crippen molar-refractivity contribution in [2.24, 2.45) is 0 Å². The summed E-state index contributed by atoms with van der Waals surface area (Å²) >= 11 is 0. The number of hydrogen-bond acceptors (Lipinski definition) is 3. The maximum absolute atomic E-state index is 11.7. The van der Waals surface area contributed by atoms with E-state index in [4.69, 9.17) is 5.11 Å². The minimum atomic E-state index is -1.06. The van der Waals surface area contributed by atoms with E-state index in [0.29, 0.717) is 6.04 Å². The minimum Gasteiger partial charge on any atom is -0.480 e. The summed E-state index contributed by atoms with van der Waals surface area (Å²) in [7, 11) is 0. The van der Waals surface area contributed by atoms with Gasteiger partial charge in [-0.25, -0.2) is 0 Å². The number of rotatable bonds is 4. The van der Waals surface area contributed by atoms with Crippen molar-refractivity contribution >= 4 is 11.9 Å². The van der Waals surface area contributed by atoms with Gasteiger partial charge in [0.05, 0.1) is 6.04 Å². The van der Waals surface area contributed by atoms with Crippen LogP contribution in [0.1, 0.15) is 49.1 Å². The van der Waals surface area contributed by atoms with E-state index in [1.165, 1.54) is 19.8 Å². The molecule has 1 aliphatic carbocycles. The Balaban J connectivity index is 2.00. The normalized spacial score (nSPS) is 17.6. The van der Waals surface area contributed by atoms with Crippen LogP contribution in [-0.4, -0.2) is 32.8 Å². The number of carbonyl (C=O) groups is 2. The Bertz CT molecular complexity index is 449. The molecule has 0 bridgehead atoms. The van der Waals surface area contributed by atoms with Gasteiger partial charge in [-0.1, -0.05) is 12.8 Å². The summed E-state index contributed by atoms with van der Waals surface area (Å²) in [5, 5.41) is 15.3. The second kappa shape index (κ2) is 5.20. The number of nitrogens with zero attached hydrogens (tertiary/aromatic N) is 2. The van der Waals surface area contributed by atoms with Crippen LogP contribution in [0.2, 0.25) is 0 Å². The molecule has 2 rings (SSSR count). The molecule has 0 aliphatic heterocycles. The number of aliphatic carboxylic acids is 1. The number of amides is 1. The number of hydrogen-bond donors (Lipinski definition) is 2. The summed E-state index contributed by atoms with van der Waals surface area (Å²) < 4.78 is 1.81. The lowest BCUT2D eigenvalue weighted by Gasteiger charge is -2.09. The molecule has 0 spiro atoms. The summed E-state index contributed by atoms with van der Waals surface area (Å²) in [6.45, 7) is 1.42. The van der Waals surface area contributed by atoms with Gasteiger partial charge in [-0.3, -0.25) is 14.3 Å². The van der Waals surface area contributed by atoms with Gasteiger partial charge >= 0.3 is 5.97 Å². The highest BCUT2D eigenvalue weighted by atomic mass is 16.4. The van der Waals surface area contributed by atoms with E-state index in [9.17, 15) is 9.59 Å². The first-order valence-corrected chi connectivity index (χ1v) is 6.17. The van der Waals surface area contributed by atoms with Gasteiger partial charge < -0.3 is 10.4 Å². The van der Waals surface area contributed by atoms with Crippen LogP contribution in [-0.2, 0) is 4.79 Å². The third kappa shape index (κ3) is 2.69. The molecule has 1 amide bonds. The molecule has 1 aromatic rings. The first-order chi connectivity index (χ1) is 8.58. The van der Waals surface area contributed by atoms with E-state index in [0.717, 1.165) is 12.8 Å². The van der Waals surface area contributed by atoms with E-state index in [1.807, 2.05) is 4.68 Å². The molecule has 6 nitrogen and oxygen atoms in total. The molecule has 6 heteroatoms. The first-order valence-electron chi connectivity index (χ1n) is 6.17. The lowest BCUT2D eigenvalue weighted by atomic mass is 10.3. The fourth-order valence-electron chi connectivity index (χ4n) is 2.16. The maximum Gasteiger partial charge on any atom is 0.325 e. The molecule has 18 heavy (non-hydrogen) atoms. The van der Waals surface area contributed by atoms with Gasteiger partial charge in [0.15, 0.2) is 0 Å². The van der Waals surface area contributed by atoms with Crippen LogP contribution in [0.4, 0.5) is 0 Å². The number of carboxylic acid groups (broad SMARTS) is 1. The Labute approximate surface area is 105 Å². The Kier molecular flexibility index (Phi) is 3.64. The summed E-state index contributed by atoms with van der Waals surface area (Å²) in [5.41, 5.74) is 0.273. The van der Waals surface area contributed by atoms with E-state index >= 15 is 0 Å². The Morgan fingerprint density at radius 3 is 2.78 bits per heavy atom. The highest BCUT2D eigenvalue weighted by Gasteiger charge is 2.20. The average Bonchev–Trinajstić information content (AvgIpc) is 2.99. The van der Waals surface area contributed by atoms with Gasteiger partial charge in [0.1, 0.15) is 11.7 Å². The zero-order valence-corrected chi connectivity index (χ0v) is 10.3. The smallest absolute Gasteiger partial charge is 0.325 e. The fourth-order valence-corrected chi connectivity index (χ4v) is 2.16. The van der Waals surface area contributed by atoms with E-state index in [1.54, 1.807) is 12.3 Å². The molecule has 1 saturated carbocycles. The van der Waals surface area contributed by atoms with Gasteiger partial charge in [-0.2, -0.15) is 5.10 Å². The SMILES string of the molecule is C[C@H](NC(=O)c1ccn(C2CCCC2)n1)C(=O)O. The molecule has 1 heterocycles. The van der Waals surface area contributed by atoms with Crippen LogP contribution < -0.4 is 5.32 Å². The Hall–Kier alpha value is -1.85. The highest BCUT2D eigenvalue weighted by Crippen LogP contribution is 2.28. The first kappa shape index (κ1) is 12.6. The molecule has 0 saturated heterocycles. The number of aromatic nitrogens is 2. The van der Waals surface area contributed by atoms with Crippen LogP contribution >= 0.6 is 0 Å². The van der Waals surface area contributed by atoms with Gasteiger partial charge in [0.25, 0.3) is 5.91 Å². The van der Waals surface area contributed by atoms with Crippen molar-refractivity contribution in [3.8, 4) is 0 Å². The van der Waals surface area contributed by atoms with Crippen LogP contribution in [0.5, 0.6) is 0 Å². The van der Waals surface area contributed by atoms with E-state index < -0.39 is 17.9 Å². The number of carboxylic acids is 1. The molecule has 1 aromatic heterocycles. The molecular formula is C12H17N3O3. The molecule has 1 atom stereocenters. The minimum absolute atomic E-state index is 0.273. The maximum atomic E-state index is 11.7. The number of carbonyl (C=O) groups excluding carboxylic acids is 1. The topological polar surface area (TPSA) is 84.2 Å². The molecule has 1 aliphatic rings. The third-order valence-corrected chi connectivity index (χ3v) is 3.26. The van der Waals surface area contributed by atoms with Crippen LogP contribution in [0.3, 0.4) is 0 Å². The fraction of sp³-hybridized carbons (Fsp3) is 0.583. The van der Waals surface area contributed by atoms with Crippen LogP contribution in [0.15, 0.2) is 12.3 Å². The number of nitrogens with one attached hydrogen (secondary N) is 1. The van der Waals surface area contributed by atoms with E-state index in [2.05, 4.69) is 10.4 Å². The standard InChI is InChI=1S/C12H17N3O3/c1-8(12(17)18)13-11(16)10-6-7-15(14-10)9-4-2-3-5-9/h6-9H,2-5H2,1H3,(H,13,16)(H,17,18)/t8-/m0/s1. The predicted molar refractivity (Wildman–Crippen MR) is 64.3 cm³/mol. The zero-order valence-electron chi connectivity index (χ0n) is 10.3. The van der Waals surface area contributed by atoms with Crippen molar-refractivity contribution in [2.45, 2.75) is 44.7 Å². The summed E-state index contributed by atoms with van der Waals surface area (Å²) in [4.78, 5) is 22.4. The third-order valence-electron chi connectivity index (χ3n) is 3.26. The zero-order chi connectivity index (χ0) is 13.1. The van der Waals surface area contributed by atoms with Gasteiger partial charge in [-0.15, -0.1) is 0 Å². The molecule has 1 fully saturated rings. The quantitative estimate of drug-likeness (QED) is 0.842. The largest absolute Gasteiger partial charge is 0.480 e.